The second kappa shape index (κ2) is 23.6. The minimum absolute atomic E-state index is 0.00796. The van der Waals surface area contributed by atoms with Crippen molar-refractivity contribution >= 4 is 40.8 Å². The van der Waals surface area contributed by atoms with Gasteiger partial charge < -0.3 is 42.3 Å². The van der Waals surface area contributed by atoms with Crippen molar-refractivity contribution in [3.63, 3.8) is 0 Å². The van der Waals surface area contributed by atoms with Gasteiger partial charge in [-0.25, -0.2) is 24.0 Å². The molecule has 1 fully saturated rings. The molecule has 0 unspecified atom stereocenters. The van der Waals surface area contributed by atoms with Crippen molar-refractivity contribution in [2.75, 3.05) is 13.2 Å². The number of unbranched alkanes of at least 4 members (excludes halogenated alkanes) is 5. The number of carbonyl (C=O) groups excluding carboxylic acids is 5. The van der Waals surface area contributed by atoms with Crippen LogP contribution in [-0.4, -0.2) is 73.8 Å². The van der Waals surface area contributed by atoms with E-state index in [0.717, 1.165) is 39.0 Å². The predicted molar refractivity (Wildman–Crippen MR) is 246 cm³/mol. The minimum Gasteiger partial charge on any atom is -0.489 e. The van der Waals surface area contributed by atoms with Gasteiger partial charge in [0.1, 0.15) is 24.0 Å². The number of esters is 5. The highest BCUT2D eigenvalue weighted by atomic mass is 16.7. The Labute approximate surface area is 391 Å². The molecule has 15 heteroatoms. The van der Waals surface area contributed by atoms with Crippen LogP contribution in [0.2, 0.25) is 0 Å². The first-order valence-electron chi connectivity index (χ1n) is 22.3. The van der Waals surface area contributed by atoms with Crippen LogP contribution in [0.15, 0.2) is 149 Å². The fourth-order valence-corrected chi connectivity index (χ4v) is 7.40. The van der Waals surface area contributed by atoms with E-state index in [9.17, 15) is 28.8 Å². The van der Waals surface area contributed by atoms with E-state index >= 15 is 0 Å². The summed E-state index contributed by atoms with van der Waals surface area (Å²) >= 11 is 0. The van der Waals surface area contributed by atoms with Gasteiger partial charge in [0, 0.05) is 13.0 Å². The summed E-state index contributed by atoms with van der Waals surface area (Å²) in [5.41, 5.74) is -0.479. The van der Waals surface area contributed by atoms with Crippen LogP contribution in [0.3, 0.4) is 0 Å². The standard InChI is InChI=1S/C53H50O15/c1-3-4-5-6-7-20-31-60-43-40-30-29-39(32-41(40)64-52(59)46(43)62-34(2)54)63-53-47(68-51(58)38-27-18-11-19-28-38)45(67-50(57)37-25-16-10-17-26-37)44(66-49(56)36-23-14-9-15-24-36)42(65-53)33-61-48(55)35-21-12-8-13-22-35/h8-19,21-30,32,42,44-45,47,53H,3-7,20,31,33H2,1-2H3/t42-,44-,45+,47+,53+/m1/s1. The van der Waals surface area contributed by atoms with Gasteiger partial charge in [-0.3, -0.25) is 4.79 Å². The van der Waals surface area contributed by atoms with Crippen molar-refractivity contribution in [1.29, 1.82) is 0 Å². The normalized spacial score (nSPS) is 17.6. The molecule has 0 radical (unpaired) electrons. The first-order chi connectivity index (χ1) is 33.1. The zero-order valence-electron chi connectivity index (χ0n) is 37.4. The van der Waals surface area contributed by atoms with Crippen molar-refractivity contribution in [3.05, 3.63) is 172 Å². The van der Waals surface area contributed by atoms with Crippen LogP contribution in [0.1, 0.15) is 93.8 Å². The summed E-state index contributed by atoms with van der Waals surface area (Å²) in [6.45, 7) is 2.92. The van der Waals surface area contributed by atoms with Crippen LogP contribution < -0.4 is 19.8 Å². The number of rotatable bonds is 20. The molecule has 68 heavy (non-hydrogen) atoms. The Balaban J connectivity index is 1.29. The zero-order chi connectivity index (χ0) is 47.8. The van der Waals surface area contributed by atoms with Gasteiger partial charge in [-0.2, -0.15) is 0 Å². The lowest BCUT2D eigenvalue weighted by Gasteiger charge is -2.44. The predicted octanol–water partition coefficient (Wildman–Crippen LogP) is 9.10. The molecule has 7 rings (SSSR count). The number of carbonyl (C=O) groups is 5. The highest BCUT2D eigenvalue weighted by Gasteiger charge is 2.54. The number of fused-ring (bicyclic) bond motifs is 1. The molecular weight excluding hydrogens is 877 g/mol. The molecule has 1 saturated heterocycles. The summed E-state index contributed by atoms with van der Waals surface area (Å²) in [7, 11) is 0. The summed E-state index contributed by atoms with van der Waals surface area (Å²) in [4.78, 5) is 80.8. The molecule has 1 aliphatic heterocycles. The van der Waals surface area contributed by atoms with Crippen molar-refractivity contribution in [2.45, 2.75) is 83.1 Å². The van der Waals surface area contributed by atoms with Crippen LogP contribution >= 0.6 is 0 Å². The maximum atomic E-state index is 14.0. The molecule has 0 amide bonds. The van der Waals surface area contributed by atoms with E-state index in [1.807, 2.05) is 0 Å². The SMILES string of the molecule is CCCCCCCCOc1c(OC(C)=O)c(=O)oc2cc(O[C@H]3O[C@H](COC(=O)c4ccccc4)[C@@H](OC(=O)c4ccccc4)[C@H](OC(=O)c4ccccc4)[C@@H]3OC(=O)c3ccccc3)ccc12. The van der Waals surface area contributed by atoms with E-state index in [1.165, 1.54) is 54.6 Å². The largest absolute Gasteiger partial charge is 0.489 e. The van der Waals surface area contributed by atoms with Crippen molar-refractivity contribution in [2.24, 2.45) is 0 Å². The highest BCUT2D eigenvalue weighted by molar-refractivity contribution is 5.92. The highest BCUT2D eigenvalue weighted by Crippen LogP contribution is 2.37. The quantitative estimate of drug-likeness (QED) is 0.0305. The lowest BCUT2D eigenvalue weighted by atomic mass is 9.97. The summed E-state index contributed by atoms with van der Waals surface area (Å²) in [5.74, 6) is -4.58. The Bertz CT molecular complexity index is 2710. The lowest BCUT2D eigenvalue weighted by molar-refractivity contribution is -0.275. The Morgan fingerprint density at radius 1 is 0.559 bits per heavy atom. The summed E-state index contributed by atoms with van der Waals surface area (Å²) in [5, 5.41) is 0.268. The molecule has 2 heterocycles. The first kappa shape index (κ1) is 48.2. The second-order valence-electron chi connectivity index (χ2n) is 15.7. The number of hydrogen-bond donors (Lipinski definition) is 0. The average molecular weight is 927 g/mol. The summed E-state index contributed by atoms with van der Waals surface area (Å²) in [6, 6.07) is 36.4. The fourth-order valence-electron chi connectivity index (χ4n) is 7.40. The molecule has 352 valence electrons. The van der Waals surface area contributed by atoms with E-state index in [1.54, 1.807) is 84.9 Å². The van der Waals surface area contributed by atoms with E-state index < -0.39 is 78.5 Å². The molecule has 5 aromatic carbocycles. The van der Waals surface area contributed by atoms with Crippen LogP contribution in [0.4, 0.5) is 0 Å². The van der Waals surface area contributed by atoms with Gasteiger partial charge in [-0.05, 0) is 67.1 Å². The van der Waals surface area contributed by atoms with Gasteiger partial charge >= 0.3 is 35.5 Å². The van der Waals surface area contributed by atoms with E-state index in [4.69, 9.17) is 42.3 Å². The topological polar surface area (TPSA) is 189 Å². The monoisotopic (exact) mass is 926 g/mol. The summed E-state index contributed by atoms with van der Waals surface area (Å²) < 4.78 is 54.1. The van der Waals surface area contributed by atoms with Gasteiger partial charge in [0.25, 0.3) is 5.75 Å². The molecule has 0 spiro atoms. The molecule has 0 N–H and O–H groups in total. The maximum absolute atomic E-state index is 14.0. The van der Waals surface area contributed by atoms with Crippen LogP contribution in [0, 0.1) is 0 Å². The third-order valence-electron chi connectivity index (χ3n) is 10.8. The molecule has 1 aliphatic rings. The Hall–Kier alpha value is -7.78. The van der Waals surface area contributed by atoms with Gasteiger partial charge in [0.15, 0.2) is 18.0 Å². The Morgan fingerprint density at radius 3 is 1.60 bits per heavy atom. The molecule has 0 bridgehead atoms. The second-order valence-corrected chi connectivity index (χ2v) is 15.7. The average Bonchev–Trinajstić information content (AvgIpc) is 3.36. The zero-order valence-corrected chi connectivity index (χ0v) is 37.4. The van der Waals surface area contributed by atoms with Gasteiger partial charge in [-0.1, -0.05) is 112 Å². The Kier molecular flexibility index (Phi) is 16.7. The Morgan fingerprint density at radius 2 is 1.06 bits per heavy atom. The van der Waals surface area contributed by atoms with E-state index in [2.05, 4.69) is 6.92 Å². The van der Waals surface area contributed by atoms with Gasteiger partial charge in [0.2, 0.25) is 12.4 Å². The third kappa shape index (κ3) is 12.6. The van der Waals surface area contributed by atoms with Crippen molar-refractivity contribution in [3.8, 4) is 17.2 Å². The lowest BCUT2D eigenvalue weighted by Crippen LogP contribution is -2.63. The third-order valence-corrected chi connectivity index (χ3v) is 10.8. The minimum atomic E-state index is -1.70. The van der Waals surface area contributed by atoms with Gasteiger partial charge in [0.05, 0.1) is 34.2 Å². The smallest absolute Gasteiger partial charge is 0.383 e. The van der Waals surface area contributed by atoms with Gasteiger partial charge in [-0.15, -0.1) is 0 Å². The molecule has 6 aromatic rings. The van der Waals surface area contributed by atoms with Crippen molar-refractivity contribution < 1.29 is 66.3 Å². The van der Waals surface area contributed by atoms with Crippen LogP contribution in [0.25, 0.3) is 11.0 Å². The first-order valence-corrected chi connectivity index (χ1v) is 22.3. The molecule has 0 saturated carbocycles. The van der Waals surface area contributed by atoms with Crippen molar-refractivity contribution in [1.82, 2.24) is 0 Å². The number of benzene rings is 5. The molecule has 1 aromatic heterocycles. The number of hydrogen-bond acceptors (Lipinski definition) is 15. The summed E-state index contributed by atoms with van der Waals surface area (Å²) in [6.07, 6.45) is -2.24. The molecule has 15 nitrogen and oxygen atoms in total. The van der Waals surface area contributed by atoms with Crippen LogP contribution in [0.5, 0.6) is 17.2 Å². The molecule has 0 aliphatic carbocycles. The van der Waals surface area contributed by atoms with Crippen LogP contribution in [-0.2, 0) is 28.5 Å². The number of ether oxygens (including phenoxy) is 8. The molecular formula is C53H50O15. The van der Waals surface area contributed by atoms with E-state index in [0.29, 0.717) is 6.42 Å². The fraction of sp³-hybridized carbons (Fsp3) is 0.283. The molecule has 5 atom stereocenters. The van der Waals surface area contributed by atoms with E-state index in [-0.39, 0.29) is 51.3 Å². The maximum Gasteiger partial charge on any atom is 0.383 e.